The van der Waals surface area contributed by atoms with Gasteiger partial charge >= 0.3 is 0 Å². The molecule has 1 aliphatic heterocycles. The summed E-state index contributed by atoms with van der Waals surface area (Å²) in [5.74, 6) is -0.182. The van der Waals surface area contributed by atoms with Crippen molar-refractivity contribution >= 4 is 12.2 Å². The van der Waals surface area contributed by atoms with Crippen molar-refractivity contribution in [2.24, 2.45) is 0 Å². The first kappa shape index (κ1) is 22.8. The third-order valence-electron chi connectivity index (χ3n) is 5.73. The third kappa shape index (κ3) is 4.65. The molecule has 0 spiro atoms. The average molecular weight is 486 g/mol. The molecule has 0 bridgehead atoms. The molecule has 0 unspecified atom stereocenters. The summed E-state index contributed by atoms with van der Waals surface area (Å²) >= 11 is 0. The van der Waals surface area contributed by atoms with Crippen LogP contribution in [0.15, 0.2) is 72.8 Å². The molecule has 1 aliphatic rings. The molecule has 8 heteroatoms. The van der Waals surface area contributed by atoms with E-state index in [4.69, 9.17) is 9.47 Å². The first-order valence-electron chi connectivity index (χ1n) is 11.0. The first-order valence-corrected chi connectivity index (χ1v) is 11.0. The first-order chi connectivity index (χ1) is 17.2. The molecule has 0 aliphatic carbocycles. The number of fused-ring (bicyclic) bond motifs is 1. The van der Waals surface area contributed by atoms with E-state index >= 15 is 0 Å². The fourth-order valence-corrected chi connectivity index (χ4v) is 4.11. The van der Waals surface area contributed by atoms with E-state index in [1.54, 1.807) is 36.4 Å². The molecule has 6 N–H and O–H groups in total. The molecule has 0 saturated carbocycles. The van der Waals surface area contributed by atoms with Crippen LogP contribution < -0.4 is 9.47 Å². The van der Waals surface area contributed by atoms with Gasteiger partial charge in [0.05, 0.1) is 0 Å². The highest BCUT2D eigenvalue weighted by Gasteiger charge is 2.35. The Balaban J connectivity index is 1.52. The highest BCUT2D eigenvalue weighted by atomic mass is 16.6. The lowest BCUT2D eigenvalue weighted by atomic mass is 9.95. The van der Waals surface area contributed by atoms with Crippen molar-refractivity contribution in [3.63, 3.8) is 0 Å². The summed E-state index contributed by atoms with van der Waals surface area (Å²) in [4.78, 5) is 0. The highest BCUT2D eigenvalue weighted by Crippen LogP contribution is 2.48. The van der Waals surface area contributed by atoms with Crippen molar-refractivity contribution in [3.05, 3.63) is 95.1 Å². The Labute approximate surface area is 205 Å². The molecule has 0 radical (unpaired) electrons. The number of phenolic OH excluding ortho intramolecular Hbond substituents is 6. The van der Waals surface area contributed by atoms with Crippen LogP contribution in [0.4, 0.5) is 0 Å². The number of aromatic hydroxyl groups is 6. The van der Waals surface area contributed by atoms with Crippen LogP contribution in [0, 0.1) is 0 Å². The summed E-state index contributed by atoms with van der Waals surface area (Å²) < 4.78 is 12.5. The maximum atomic E-state index is 10.1. The average Bonchev–Trinajstić information content (AvgIpc) is 2.82. The van der Waals surface area contributed by atoms with Crippen molar-refractivity contribution in [2.45, 2.75) is 12.2 Å². The van der Waals surface area contributed by atoms with Gasteiger partial charge in [-0.05, 0) is 59.7 Å². The molecule has 0 fully saturated rings. The standard InChI is InChI=1S/C28H22O8/c29-19-7-16(8-20(30)13-19)2-1-15-3-6-25-26(9-15)36-27(17-4-5-23(33)24(34)12-17)28(35-25)18-10-21(31)14-22(32)11-18/h1-14,27-34H/b2-1+/t27-,28-/m1/s1. The molecule has 0 saturated heterocycles. The number of hydrogen-bond donors (Lipinski definition) is 6. The summed E-state index contributed by atoms with van der Waals surface area (Å²) in [6, 6.07) is 17.9. The van der Waals surface area contributed by atoms with E-state index in [0.29, 0.717) is 28.2 Å². The highest BCUT2D eigenvalue weighted by molar-refractivity contribution is 5.72. The summed E-state index contributed by atoms with van der Waals surface area (Å²) in [7, 11) is 0. The van der Waals surface area contributed by atoms with Gasteiger partial charge in [-0.15, -0.1) is 0 Å². The second kappa shape index (κ2) is 8.99. The lowest BCUT2D eigenvalue weighted by Crippen LogP contribution is -2.26. The van der Waals surface area contributed by atoms with Gasteiger partial charge in [0.2, 0.25) is 0 Å². The maximum Gasteiger partial charge on any atom is 0.165 e. The summed E-state index contributed by atoms with van der Waals surface area (Å²) in [5.41, 5.74) is 2.30. The molecule has 36 heavy (non-hydrogen) atoms. The number of rotatable bonds is 4. The zero-order valence-corrected chi connectivity index (χ0v) is 18.7. The second-order valence-electron chi connectivity index (χ2n) is 8.43. The Hall–Kier alpha value is -4.98. The van der Waals surface area contributed by atoms with Crippen molar-refractivity contribution < 1.29 is 40.1 Å². The Bertz CT molecular complexity index is 1440. The fourth-order valence-electron chi connectivity index (χ4n) is 4.11. The molecule has 5 rings (SSSR count). The minimum absolute atomic E-state index is 0.0548. The minimum atomic E-state index is -0.799. The van der Waals surface area contributed by atoms with Crippen molar-refractivity contribution in [3.8, 4) is 46.0 Å². The van der Waals surface area contributed by atoms with Crippen molar-refractivity contribution in [1.82, 2.24) is 0 Å². The lowest BCUT2D eigenvalue weighted by molar-refractivity contribution is 0.0180. The molecule has 4 aromatic rings. The quantitative estimate of drug-likeness (QED) is 0.168. The summed E-state index contributed by atoms with van der Waals surface area (Å²) in [5, 5.41) is 59.2. The van der Waals surface area contributed by atoms with Gasteiger partial charge in [-0.3, -0.25) is 0 Å². The zero-order chi connectivity index (χ0) is 25.4. The smallest absolute Gasteiger partial charge is 0.165 e. The third-order valence-corrected chi connectivity index (χ3v) is 5.73. The van der Waals surface area contributed by atoms with Gasteiger partial charge in [-0.25, -0.2) is 0 Å². The molecule has 0 amide bonds. The van der Waals surface area contributed by atoms with Gasteiger partial charge in [0.25, 0.3) is 0 Å². The van der Waals surface area contributed by atoms with Gasteiger partial charge in [-0.2, -0.15) is 0 Å². The molecule has 0 aromatic heterocycles. The number of hydrogen-bond acceptors (Lipinski definition) is 8. The monoisotopic (exact) mass is 486 g/mol. The van der Waals surface area contributed by atoms with Crippen LogP contribution >= 0.6 is 0 Å². The van der Waals surface area contributed by atoms with Crippen LogP contribution in [0.5, 0.6) is 46.0 Å². The van der Waals surface area contributed by atoms with E-state index in [0.717, 1.165) is 5.56 Å². The predicted octanol–water partition coefficient (Wildman–Crippen LogP) is 5.34. The van der Waals surface area contributed by atoms with E-state index in [1.807, 2.05) is 0 Å². The predicted molar refractivity (Wildman–Crippen MR) is 131 cm³/mol. The molecular weight excluding hydrogens is 464 g/mol. The lowest BCUT2D eigenvalue weighted by Gasteiger charge is -2.35. The van der Waals surface area contributed by atoms with E-state index in [-0.39, 0.29) is 34.5 Å². The van der Waals surface area contributed by atoms with Gasteiger partial charge in [0.15, 0.2) is 35.2 Å². The molecule has 4 aromatic carbocycles. The number of phenols is 6. The van der Waals surface area contributed by atoms with Crippen LogP contribution in [0.2, 0.25) is 0 Å². The second-order valence-corrected chi connectivity index (χ2v) is 8.43. The van der Waals surface area contributed by atoms with Crippen molar-refractivity contribution in [2.75, 3.05) is 0 Å². The normalized spacial score (nSPS) is 16.8. The van der Waals surface area contributed by atoms with Gasteiger partial charge < -0.3 is 40.1 Å². The maximum absolute atomic E-state index is 10.1. The Morgan fingerprint density at radius 2 is 1.06 bits per heavy atom. The molecule has 182 valence electrons. The minimum Gasteiger partial charge on any atom is -0.508 e. The topological polar surface area (TPSA) is 140 Å². The zero-order valence-electron chi connectivity index (χ0n) is 18.7. The molecule has 1 heterocycles. The molecule has 8 nitrogen and oxygen atoms in total. The number of benzene rings is 4. The molecule has 2 atom stereocenters. The van der Waals surface area contributed by atoms with E-state index in [1.165, 1.54) is 48.5 Å². The van der Waals surface area contributed by atoms with Gasteiger partial charge in [0.1, 0.15) is 23.0 Å². The van der Waals surface area contributed by atoms with Crippen LogP contribution in [0.3, 0.4) is 0 Å². The van der Waals surface area contributed by atoms with Crippen molar-refractivity contribution in [1.29, 1.82) is 0 Å². The van der Waals surface area contributed by atoms with Gasteiger partial charge in [-0.1, -0.05) is 24.3 Å². The van der Waals surface area contributed by atoms with E-state index in [9.17, 15) is 30.6 Å². The van der Waals surface area contributed by atoms with Crippen LogP contribution in [-0.2, 0) is 0 Å². The fraction of sp³-hybridized carbons (Fsp3) is 0.0714. The van der Waals surface area contributed by atoms with E-state index in [2.05, 4.69) is 0 Å². The van der Waals surface area contributed by atoms with Crippen LogP contribution in [-0.4, -0.2) is 30.6 Å². The Morgan fingerprint density at radius 1 is 0.472 bits per heavy atom. The molecular formula is C28H22O8. The van der Waals surface area contributed by atoms with E-state index < -0.39 is 12.2 Å². The SMILES string of the molecule is Oc1cc(O)cc(/C=C/c2ccc3c(c2)O[C@H](c2ccc(O)c(O)c2)[C@@H](c2cc(O)cc(O)c2)O3)c1. The summed E-state index contributed by atoms with van der Waals surface area (Å²) in [6.07, 6.45) is 1.90. The van der Waals surface area contributed by atoms with Gasteiger partial charge in [0, 0.05) is 23.3 Å². The summed E-state index contributed by atoms with van der Waals surface area (Å²) in [6.45, 7) is 0. The van der Waals surface area contributed by atoms with Crippen LogP contribution in [0.1, 0.15) is 34.5 Å². The van der Waals surface area contributed by atoms with Crippen LogP contribution in [0.25, 0.3) is 12.2 Å². The Morgan fingerprint density at radius 3 is 1.72 bits per heavy atom. The number of ether oxygens (including phenoxy) is 2. The largest absolute Gasteiger partial charge is 0.508 e. The Kier molecular flexibility index (Phi) is 5.69.